The predicted molar refractivity (Wildman–Crippen MR) is 116 cm³/mol. The number of pyridine rings is 1. The molecule has 6 nitrogen and oxygen atoms in total. The molecule has 0 aliphatic rings. The van der Waals surface area contributed by atoms with E-state index in [1.165, 1.54) is 0 Å². The highest BCUT2D eigenvalue weighted by Gasteiger charge is 2.21. The van der Waals surface area contributed by atoms with E-state index in [1.807, 2.05) is 30.3 Å². The quantitative estimate of drug-likeness (QED) is 0.575. The summed E-state index contributed by atoms with van der Waals surface area (Å²) >= 11 is 0. The van der Waals surface area contributed by atoms with Gasteiger partial charge in [-0.1, -0.05) is 44.2 Å². The fraction of sp³-hybridized carbons (Fsp3) is 0.348. The number of carbonyl (C=O) groups excluding carboxylic acids is 1. The average Bonchev–Trinajstić information content (AvgIpc) is 3.09. The van der Waals surface area contributed by atoms with Gasteiger partial charge in [0.05, 0.1) is 11.4 Å². The highest BCUT2D eigenvalue weighted by atomic mass is 16.1. The molecule has 0 aliphatic carbocycles. The molecule has 0 fully saturated rings. The smallest absolute Gasteiger partial charge is 0.239 e. The lowest BCUT2D eigenvalue weighted by molar-refractivity contribution is -0.118. The maximum Gasteiger partial charge on any atom is 0.239 e. The molecule has 3 rings (SSSR count). The second-order valence-electron chi connectivity index (χ2n) is 7.03. The first-order valence-electron chi connectivity index (χ1n) is 10.2. The van der Waals surface area contributed by atoms with Crippen LogP contribution in [0, 0.1) is 0 Å². The Morgan fingerprint density at radius 2 is 1.79 bits per heavy atom. The van der Waals surface area contributed by atoms with Gasteiger partial charge < -0.3 is 10.6 Å². The molecule has 0 saturated heterocycles. The van der Waals surface area contributed by atoms with E-state index in [0.29, 0.717) is 0 Å². The molecule has 152 valence electrons. The lowest BCUT2D eigenvalue weighted by Crippen LogP contribution is -2.24. The molecular formula is C23H29N5O. The second kappa shape index (κ2) is 9.98. The number of amides is 1. The highest BCUT2D eigenvalue weighted by Crippen LogP contribution is 2.35. The summed E-state index contributed by atoms with van der Waals surface area (Å²) in [6.45, 7) is 7.51. The van der Waals surface area contributed by atoms with Gasteiger partial charge in [-0.25, -0.2) is 0 Å². The largest absolute Gasteiger partial charge is 0.368 e. The lowest BCUT2D eigenvalue weighted by atomic mass is 9.97. The number of hydrogen-bond acceptors (Lipinski definition) is 4. The molecule has 0 bridgehead atoms. The molecule has 0 unspecified atom stereocenters. The fourth-order valence-electron chi connectivity index (χ4n) is 3.66. The van der Waals surface area contributed by atoms with Crippen molar-refractivity contribution in [2.45, 2.75) is 33.2 Å². The van der Waals surface area contributed by atoms with Crippen molar-refractivity contribution in [2.75, 3.05) is 19.6 Å². The molecule has 0 saturated carbocycles. The van der Waals surface area contributed by atoms with Gasteiger partial charge in [0, 0.05) is 23.5 Å². The van der Waals surface area contributed by atoms with Crippen LogP contribution in [0.5, 0.6) is 0 Å². The topological polar surface area (TPSA) is 77.0 Å². The van der Waals surface area contributed by atoms with E-state index in [9.17, 15) is 4.79 Å². The minimum atomic E-state index is -0.410. The van der Waals surface area contributed by atoms with Crippen LogP contribution in [0.3, 0.4) is 0 Å². The van der Waals surface area contributed by atoms with Crippen LogP contribution in [0.15, 0.2) is 54.9 Å². The van der Waals surface area contributed by atoms with Crippen LogP contribution in [0.1, 0.15) is 26.0 Å². The number of nitrogens with zero attached hydrogens (tertiary/aromatic N) is 4. The van der Waals surface area contributed by atoms with Gasteiger partial charge in [-0.15, -0.1) is 0 Å². The number of aryl methyl sites for hydroxylation is 1. The summed E-state index contributed by atoms with van der Waals surface area (Å²) in [5.74, 6) is -0.410. The van der Waals surface area contributed by atoms with Gasteiger partial charge >= 0.3 is 0 Å². The van der Waals surface area contributed by atoms with Crippen molar-refractivity contribution in [3.05, 3.63) is 60.6 Å². The third-order valence-corrected chi connectivity index (χ3v) is 5.11. The Labute approximate surface area is 172 Å². The third kappa shape index (κ3) is 5.09. The summed E-state index contributed by atoms with van der Waals surface area (Å²) in [4.78, 5) is 18.4. The summed E-state index contributed by atoms with van der Waals surface area (Å²) in [5.41, 5.74) is 10.5. The molecule has 29 heavy (non-hydrogen) atoms. The number of primary amides is 1. The van der Waals surface area contributed by atoms with Crippen molar-refractivity contribution >= 4 is 5.91 Å². The van der Waals surface area contributed by atoms with Crippen LogP contribution in [-0.2, 0) is 17.8 Å². The standard InChI is InChI=1S/C23H29N5O/c1-3-27(4-2)15-9-13-20-22(18-10-6-5-7-11-18)23(19-12-8-14-25-16-19)28(26-20)17-21(24)29/h5-8,10-12,14,16H,3-4,9,13,15,17H2,1-2H3,(H2,24,29). The van der Waals surface area contributed by atoms with Gasteiger partial charge in [-0.05, 0) is 50.2 Å². The monoisotopic (exact) mass is 391 g/mol. The maximum absolute atomic E-state index is 11.7. The Morgan fingerprint density at radius 1 is 1.07 bits per heavy atom. The van der Waals surface area contributed by atoms with Crippen molar-refractivity contribution < 1.29 is 4.79 Å². The second-order valence-corrected chi connectivity index (χ2v) is 7.03. The van der Waals surface area contributed by atoms with Crippen molar-refractivity contribution in [3.63, 3.8) is 0 Å². The van der Waals surface area contributed by atoms with Crippen LogP contribution in [0.4, 0.5) is 0 Å². The molecule has 2 N–H and O–H groups in total. The van der Waals surface area contributed by atoms with Crippen molar-refractivity contribution in [2.24, 2.45) is 5.73 Å². The zero-order valence-corrected chi connectivity index (χ0v) is 17.2. The van der Waals surface area contributed by atoms with Gasteiger partial charge in [0.1, 0.15) is 6.54 Å². The summed E-state index contributed by atoms with van der Waals surface area (Å²) in [5, 5.41) is 4.82. The van der Waals surface area contributed by atoms with Crippen LogP contribution < -0.4 is 5.73 Å². The zero-order valence-electron chi connectivity index (χ0n) is 17.2. The van der Waals surface area contributed by atoms with Crippen LogP contribution in [-0.4, -0.2) is 45.2 Å². The maximum atomic E-state index is 11.7. The number of nitrogens with two attached hydrogens (primary N) is 1. The molecule has 6 heteroatoms. The van der Waals surface area contributed by atoms with Crippen LogP contribution in [0.2, 0.25) is 0 Å². The third-order valence-electron chi connectivity index (χ3n) is 5.11. The minimum absolute atomic E-state index is 0.0418. The Bertz CT molecular complexity index is 917. The minimum Gasteiger partial charge on any atom is -0.368 e. The molecule has 0 spiro atoms. The molecule has 1 amide bonds. The number of rotatable bonds is 10. The van der Waals surface area contributed by atoms with Gasteiger partial charge in [-0.2, -0.15) is 5.10 Å². The van der Waals surface area contributed by atoms with E-state index in [0.717, 1.165) is 60.6 Å². The summed E-state index contributed by atoms with van der Waals surface area (Å²) in [6.07, 6.45) is 5.38. The summed E-state index contributed by atoms with van der Waals surface area (Å²) in [7, 11) is 0. The van der Waals surface area contributed by atoms with E-state index >= 15 is 0 Å². The summed E-state index contributed by atoms with van der Waals surface area (Å²) < 4.78 is 1.73. The fourth-order valence-corrected chi connectivity index (χ4v) is 3.66. The molecular weight excluding hydrogens is 362 g/mol. The lowest BCUT2D eigenvalue weighted by Gasteiger charge is -2.17. The Balaban J connectivity index is 2.07. The average molecular weight is 392 g/mol. The Morgan fingerprint density at radius 3 is 2.41 bits per heavy atom. The van der Waals surface area contributed by atoms with Gasteiger partial charge in [0.25, 0.3) is 0 Å². The van der Waals surface area contributed by atoms with Gasteiger partial charge in [0.15, 0.2) is 0 Å². The van der Waals surface area contributed by atoms with Crippen LogP contribution in [0.25, 0.3) is 22.4 Å². The predicted octanol–water partition coefficient (Wildman–Crippen LogP) is 3.37. The first kappa shape index (κ1) is 20.7. The number of hydrogen-bond donors (Lipinski definition) is 1. The van der Waals surface area contributed by atoms with E-state index in [-0.39, 0.29) is 6.54 Å². The number of aromatic nitrogens is 3. The van der Waals surface area contributed by atoms with Crippen molar-refractivity contribution in [1.82, 2.24) is 19.7 Å². The highest BCUT2D eigenvalue weighted by molar-refractivity contribution is 5.84. The Kier molecular flexibility index (Phi) is 7.14. The normalized spacial score (nSPS) is 11.1. The number of carbonyl (C=O) groups is 1. The molecule has 3 aromatic rings. The molecule has 0 aliphatic heterocycles. The van der Waals surface area contributed by atoms with E-state index in [4.69, 9.17) is 10.8 Å². The molecule has 0 radical (unpaired) electrons. The van der Waals surface area contributed by atoms with Gasteiger partial charge in [-0.3, -0.25) is 14.5 Å². The van der Waals surface area contributed by atoms with Crippen LogP contribution >= 0.6 is 0 Å². The van der Waals surface area contributed by atoms with E-state index < -0.39 is 5.91 Å². The summed E-state index contributed by atoms with van der Waals surface area (Å²) in [6, 6.07) is 14.1. The van der Waals surface area contributed by atoms with Crippen molar-refractivity contribution in [1.29, 1.82) is 0 Å². The van der Waals surface area contributed by atoms with Gasteiger partial charge in [0.2, 0.25) is 5.91 Å². The first-order chi connectivity index (χ1) is 14.1. The van der Waals surface area contributed by atoms with E-state index in [1.54, 1.807) is 17.1 Å². The SMILES string of the molecule is CCN(CC)CCCc1nn(CC(N)=O)c(-c2cccnc2)c1-c1ccccc1. The number of benzene rings is 1. The molecule has 1 aromatic carbocycles. The zero-order chi connectivity index (χ0) is 20.6. The van der Waals surface area contributed by atoms with Crippen molar-refractivity contribution in [3.8, 4) is 22.4 Å². The molecule has 2 aromatic heterocycles. The Hall–Kier alpha value is -2.99. The van der Waals surface area contributed by atoms with E-state index in [2.05, 4.69) is 35.9 Å². The molecule has 2 heterocycles. The molecule has 0 atom stereocenters. The first-order valence-corrected chi connectivity index (χ1v) is 10.2.